The number of hydrogen-bond donors (Lipinski definition) is 4. The molecular weight excluding hydrogens is 269 g/mol. The van der Waals surface area contributed by atoms with Crippen LogP contribution in [0.5, 0.6) is 0 Å². The molecule has 1 amide bonds. The number of alkyl halides is 3. The average molecular weight is 284 g/mol. The van der Waals surface area contributed by atoms with Gasteiger partial charge in [0.05, 0.1) is 0 Å². The summed E-state index contributed by atoms with van der Waals surface area (Å²) in [6, 6.07) is 0. The molecule has 0 aliphatic carbocycles. The molecule has 19 heavy (non-hydrogen) atoms. The second-order valence-corrected chi connectivity index (χ2v) is 4.41. The number of hydrogen-bond acceptors (Lipinski definition) is 4. The Hall–Kier alpha value is -1.35. The van der Waals surface area contributed by atoms with Gasteiger partial charge in [0.25, 0.3) is 0 Å². The van der Waals surface area contributed by atoms with Crippen LogP contribution in [0.15, 0.2) is 0 Å². The first-order chi connectivity index (χ1) is 8.71. The van der Waals surface area contributed by atoms with Gasteiger partial charge in [0.15, 0.2) is 11.5 Å². The number of rotatable bonds is 5. The van der Waals surface area contributed by atoms with Gasteiger partial charge >= 0.3 is 12.1 Å². The van der Waals surface area contributed by atoms with Gasteiger partial charge in [0, 0.05) is 19.5 Å². The van der Waals surface area contributed by atoms with E-state index in [4.69, 9.17) is 10.2 Å². The van der Waals surface area contributed by atoms with Gasteiger partial charge in [-0.05, 0) is 13.0 Å². The first kappa shape index (κ1) is 15.7. The zero-order chi connectivity index (χ0) is 14.7. The number of aliphatic hydroxyl groups excluding tert-OH is 1. The third kappa shape index (κ3) is 3.35. The summed E-state index contributed by atoms with van der Waals surface area (Å²) in [4.78, 5) is 22.0. The highest BCUT2D eigenvalue weighted by atomic mass is 19.4. The van der Waals surface area contributed by atoms with Gasteiger partial charge in [-0.2, -0.15) is 13.2 Å². The summed E-state index contributed by atoms with van der Waals surface area (Å²) in [5.41, 5.74) is -2.47. The average Bonchev–Trinajstić information content (AvgIpc) is 2.77. The van der Waals surface area contributed by atoms with E-state index in [9.17, 15) is 22.8 Å². The number of aliphatic carboxylic acids is 1. The number of nitrogens with one attached hydrogen (secondary N) is 2. The highest BCUT2D eigenvalue weighted by Crippen LogP contribution is 2.43. The van der Waals surface area contributed by atoms with Crippen molar-refractivity contribution >= 4 is 11.9 Å². The quantitative estimate of drug-likeness (QED) is 0.544. The molecule has 110 valence electrons. The van der Waals surface area contributed by atoms with E-state index in [1.807, 2.05) is 5.32 Å². The van der Waals surface area contributed by atoms with Crippen LogP contribution in [0, 0.1) is 5.41 Å². The van der Waals surface area contributed by atoms with E-state index in [0.717, 1.165) is 0 Å². The van der Waals surface area contributed by atoms with Crippen molar-refractivity contribution in [2.24, 2.45) is 5.41 Å². The van der Waals surface area contributed by atoms with Crippen molar-refractivity contribution < 1.29 is 33.0 Å². The predicted octanol–water partition coefficient (Wildman–Crippen LogP) is -0.520. The number of halogens is 3. The van der Waals surface area contributed by atoms with Crippen molar-refractivity contribution in [3.05, 3.63) is 0 Å². The van der Waals surface area contributed by atoms with Crippen molar-refractivity contribution in [2.75, 3.05) is 19.6 Å². The minimum atomic E-state index is -4.67. The third-order valence-corrected chi connectivity index (χ3v) is 3.12. The Morgan fingerprint density at radius 1 is 1.42 bits per heavy atom. The maximum atomic E-state index is 12.9. The molecule has 0 saturated carbocycles. The smallest absolute Gasteiger partial charge is 0.404 e. The van der Waals surface area contributed by atoms with Gasteiger partial charge in [-0.25, -0.2) is 4.79 Å². The van der Waals surface area contributed by atoms with E-state index in [0.29, 0.717) is 0 Å². The molecule has 0 aromatic heterocycles. The lowest BCUT2D eigenvalue weighted by atomic mass is 9.85. The van der Waals surface area contributed by atoms with Gasteiger partial charge in [-0.1, -0.05) is 0 Å². The van der Waals surface area contributed by atoms with Crippen molar-refractivity contribution in [3.8, 4) is 0 Å². The SMILES string of the molecule is O=C(O)[C@@H](O)CCNC(=O)C1(C(F)(F)F)CCNC1. The molecule has 1 rings (SSSR count). The van der Waals surface area contributed by atoms with Gasteiger partial charge in [0.2, 0.25) is 5.91 Å². The first-order valence-electron chi connectivity index (χ1n) is 5.67. The Bertz CT molecular complexity index is 353. The molecule has 1 heterocycles. The fourth-order valence-electron chi connectivity index (χ4n) is 1.87. The lowest BCUT2D eigenvalue weighted by Crippen LogP contribution is -2.52. The highest BCUT2D eigenvalue weighted by Gasteiger charge is 2.61. The molecule has 0 aromatic carbocycles. The molecule has 2 atom stereocenters. The van der Waals surface area contributed by atoms with Crippen LogP contribution in [0.25, 0.3) is 0 Å². The van der Waals surface area contributed by atoms with E-state index in [1.54, 1.807) is 0 Å². The molecule has 0 spiro atoms. The van der Waals surface area contributed by atoms with Crippen LogP contribution in [-0.2, 0) is 9.59 Å². The molecule has 9 heteroatoms. The second-order valence-electron chi connectivity index (χ2n) is 4.41. The maximum Gasteiger partial charge on any atom is 0.404 e. The van der Waals surface area contributed by atoms with Gasteiger partial charge in [-0.3, -0.25) is 4.79 Å². The van der Waals surface area contributed by atoms with Crippen LogP contribution in [0.2, 0.25) is 0 Å². The van der Waals surface area contributed by atoms with Crippen molar-refractivity contribution in [3.63, 3.8) is 0 Å². The zero-order valence-electron chi connectivity index (χ0n) is 9.96. The van der Waals surface area contributed by atoms with Crippen LogP contribution in [0.4, 0.5) is 13.2 Å². The number of carboxylic acids is 1. The minimum Gasteiger partial charge on any atom is -0.479 e. The topological polar surface area (TPSA) is 98.7 Å². The lowest BCUT2D eigenvalue weighted by Gasteiger charge is -2.29. The molecule has 1 saturated heterocycles. The number of carboxylic acid groups (broad SMARTS) is 1. The normalized spacial score (nSPS) is 25.1. The van der Waals surface area contributed by atoms with Crippen LogP contribution in [-0.4, -0.2) is 54.0 Å². The summed E-state index contributed by atoms with van der Waals surface area (Å²) >= 11 is 0. The van der Waals surface area contributed by atoms with Crippen molar-refractivity contribution in [1.29, 1.82) is 0 Å². The Kier molecular flexibility index (Phi) is 4.75. The Morgan fingerprint density at radius 2 is 2.05 bits per heavy atom. The second kappa shape index (κ2) is 5.74. The van der Waals surface area contributed by atoms with Gasteiger partial charge < -0.3 is 20.8 Å². The Morgan fingerprint density at radius 3 is 2.47 bits per heavy atom. The summed E-state index contributed by atoms with van der Waals surface area (Å²) in [7, 11) is 0. The lowest BCUT2D eigenvalue weighted by molar-refractivity contribution is -0.216. The maximum absolute atomic E-state index is 12.9. The molecule has 0 aromatic rings. The molecule has 0 bridgehead atoms. The number of carbonyl (C=O) groups is 2. The third-order valence-electron chi connectivity index (χ3n) is 3.12. The zero-order valence-corrected chi connectivity index (χ0v) is 9.96. The number of carbonyl (C=O) groups excluding carboxylic acids is 1. The summed E-state index contributed by atoms with van der Waals surface area (Å²) in [5, 5.41) is 21.9. The van der Waals surface area contributed by atoms with Crippen LogP contribution in [0.3, 0.4) is 0 Å². The molecule has 6 nitrogen and oxygen atoms in total. The fraction of sp³-hybridized carbons (Fsp3) is 0.800. The molecule has 1 fully saturated rings. The van der Waals surface area contributed by atoms with E-state index < -0.39 is 36.1 Å². The van der Waals surface area contributed by atoms with Crippen LogP contribution in [0.1, 0.15) is 12.8 Å². The van der Waals surface area contributed by atoms with Gasteiger partial charge in [-0.15, -0.1) is 0 Å². The summed E-state index contributed by atoms with van der Waals surface area (Å²) < 4.78 is 38.8. The Balaban J connectivity index is 2.58. The Labute approximate surface area is 107 Å². The number of aliphatic hydroxyl groups is 1. The van der Waals surface area contributed by atoms with E-state index >= 15 is 0 Å². The first-order valence-corrected chi connectivity index (χ1v) is 5.67. The van der Waals surface area contributed by atoms with E-state index in [1.165, 1.54) is 0 Å². The van der Waals surface area contributed by atoms with Crippen LogP contribution >= 0.6 is 0 Å². The molecule has 1 unspecified atom stereocenters. The summed E-state index contributed by atoms with van der Waals surface area (Å²) in [5.74, 6) is -2.68. The molecular formula is C10H15F3N2O4. The molecule has 1 aliphatic rings. The minimum absolute atomic E-state index is 0.0880. The highest BCUT2D eigenvalue weighted by molar-refractivity contribution is 5.84. The summed E-state index contributed by atoms with van der Waals surface area (Å²) in [6.45, 7) is -0.737. The van der Waals surface area contributed by atoms with Gasteiger partial charge in [0.1, 0.15) is 0 Å². The molecule has 4 N–H and O–H groups in total. The van der Waals surface area contributed by atoms with Crippen molar-refractivity contribution in [2.45, 2.75) is 25.1 Å². The van der Waals surface area contributed by atoms with Crippen molar-refractivity contribution in [1.82, 2.24) is 10.6 Å². The summed E-state index contributed by atoms with van der Waals surface area (Å²) in [6.07, 6.45) is -7.08. The number of amides is 1. The largest absolute Gasteiger partial charge is 0.479 e. The standard InChI is InChI=1S/C10H15F3N2O4/c11-10(12,13)9(2-4-14-5-9)8(19)15-3-1-6(16)7(17)18/h6,14,16H,1-5H2,(H,15,19)(H,17,18)/t6-,9?/m0/s1. The van der Waals surface area contributed by atoms with E-state index in [-0.39, 0.29) is 25.9 Å². The predicted molar refractivity (Wildman–Crippen MR) is 57.2 cm³/mol. The van der Waals surface area contributed by atoms with E-state index in [2.05, 4.69) is 5.32 Å². The fourth-order valence-corrected chi connectivity index (χ4v) is 1.87. The molecule has 1 aliphatic heterocycles. The monoisotopic (exact) mass is 284 g/mol. The molecule has 0 radical (unpaired) electrons. The van der Waals surface area contributed by atoms with Crippen LogP contribution < -0.4 is 10.6 Å².